The van der Waals surface area contributed by atoms with Crippen molar-refractivity contribution >= 4 is 11.3 Å². The summed E-state index contributed by atoms with van der Waals surface area (Å²) in [5, 5.41) is 13.7. The van der Waals surface area contributed by atoms with Gasteiger partial charge >= 0.3 is 58.2 Å². The SMILES string of the molecule is C[C@@]12O[CH-]O[C@@H]1[C@@H](CO)O[C@H]2c1ccc2c(N)ncnn12.[Rb+]. The minimum atomic E-state index is -0.721. The summed E-state index contributed by atoms with van der Waals surface area (Å²) in [6.45, 7) is 3.06. The van der Waals surface area contributed by atoms with Crippen molar-refractivity contribution in [2.24, 2.45) is 0 Å². The van der Waals surface area contributed by atoms with Crippen molar-refractivity contribution in [3.63, 3.8) is 0 Å². The van der Waals surface area contributed by atoms with Crippen LogP contribution >= 0.6 is 0 Å². The summed E-state index contributed by atoms with van der Waals surface area (Å²) >= 11 is 0. The smallest absolute Gasteiger partial charge is 0.519 e. The molecule has 2 fully saturated rings. The first-order valence-electron chi connectivity index (χ1n) is 6.64. The van der Waals surface area contributed by atoms with Gasteiger partial charge in [0.1, 0.15) is 24.1 Å². The Balaban J connectivity index is 0.00000144. The average molecular weight is 377 g/mol. The van der Waals surface area contributed by atoms with E-state index in [2.05, 4.69) is 10.1 Å². The Morgan fingerprint density at radius 3 is 3.09 bits per heavy atom. The van der Waals surface area contributed by atoms with E-state index in [0.29, 0.717) is 11.3 Å². The van der Waals surface area contributed by atoms with Crippen LogP contribution in [0.3, 0.4) is 0 Å². The van der Waals surface area contributed by atoms with Crippen molar-refractivity contribution in [1.29, 1.82) is 0 Å². The number of nitrogens with two attached hydrogens (primary N) is 1. The van der Waals surface area contributed by atoms with Gasteiger partial charge in [0.2, 0.25) is 0 Å². The number of aliphatic hydroxyl groups excluding tert-OH is 1. The minimum Gasteiger partial charge on any atom is -0.519 e. The summed E-state index contributed by atoms with van der Waals surface area (Å²) in [5.74, 6) is 0.393. The number of fused-ring (bicyclic) bond motifs is 2. The number of hydrogen-bond acceptors (Lipinski definition) is 7. The Bertz CT molecular complexity index is 696. The van der Waals surface area contributed by atoms with E-state index in [0.717, 1.165) is 5.69 Å². The summed E-state index contributed by atoms with van der Waals surface area (Å²) in [6.07, 6.45) is 0.137. The predicted molar refractivity (Wildman–Crippen MR) is 70.8 cm³/mol. The van der Waals surface area contributed by atoms with E-state index >= 15 is 0 Å². The zero-order valence-corrected chi connectivity index (χ0v) is 17.3. The van der Waals surface area contributed by atoms with Crippen LogP contribution in [0, 0.1) is 6.79 Å². The van der Waals surface area contributed by atoms with E-state index in [9.17, 15) is 5.11 Å². The molecule has 0 aromatic carbocycles. The van der Waals surface area contributed by atoms with Crippen molar-refractivity contribution in [1.82, 2.24) is 14.6 Å². The second kappa shape index (κ2) is 6.17. The average Bonchev–Trinajstić information content (AvgIpc) is 3.11. The first kappa shape index (κ1) is 16.9. The van der Waals surface area contributed by atoms with Crippen molar-refractivity contribution in [2.45, 2.75) is 30.8 Å². The summed E-state index contributed by atoms with van der Waals surface area (Å²) in [4.78, 5) is 3.97. The maximum atomic E-state index is 9.47. The van der Waals surface area contributed by atoms with Gasteiger partial charge in [-0.1, -0.05) is 6.79 Å². The van der Waals surface area contributed by atoms with Crippen LogP contribution in [0.4, 0.5) is 5.82 Å². The van der Waals surface area contributed by atoms with E-state index < -0.39 is 17.8 Å². The molecule has 0 unspecified atom stereocenters. The van der Waals surface area contributed by atoms with Gasteiger partial charge in [0.15, 0.2) is 5.82 Å². The maximum absolute atomic E-state index is 9.47. The largest absolute Gasteiger partial charge is 1.00 e. The number of anilines is 1. The van der Waals surface area contributed by atoms with Crippen molar-refractivity contribution in [3.8, 4) is 0 Å². The summed E-state index contributed by atoms with van der Waals surface area (Å²) in [7, 11) is 0. The number of hydrogen-bond donors (Lipinski definition) is 2. The van der Waals surface area contributed by atoms with Gasteiger partial charge in [0.05, 0.1) is 24.0 Å². The molecular weight excluding hydrogens is 362 g/mol. The third-order valence-electron chi connectivity index (χ3n) is 4.20. The van der Waals surface area contributed by atoms with Gasteiger partial charge < -0.3 is 25.1 Å². The first-order valence-corrected chi connectivity index (χ1v) is 6.64. The second-order valence-corrected chi connectivity index (χ2v) is 5.39. The zero-order chi connectivity index (χ0) is 14.6. The third kappa shape index (κ3) is 2.32. The van der Waals surface area contributed by atoms with Gasteiger partial charge in [-0.2, -0.15) is 5.10 Å². The fourth-order valence-electron chi connectivity index (χ4n) is 3.12. The molecule has 2 aromatic heterocycles. The van der Waals surface area contributed by atoms with Crippen molar-refractivity contribution in [3.05, 3.63) is 30.9 Å². The monoisotopic (exact) mass is 376 g/mol. The Kier molecular flexibility index (Phi) is 4.74. The van der Waals surface area contributed by atoms with Gasteiger partial charge in [-0.05, 0) is 19.1 Å². The second-order valence-electron chi connectivity index (χ2n) is 5.39. The van der Waals surface area contributed by atoms with E-state index in [-0.39, 0.29) is 70.9 Å². The molecule has 4 atom stereocenters. The molecule has 2 aliphatic rings. The normalized spacial score (nSPS) is 33.8. The Morgan fingerprint density at radius 1 is 1.50 bits per heavy atom. The predicted octanol–water partition coefficient (Wildman–Crippen LogP) is -2.96. The molecule has 3 N–H and O–H groups in total. The van der Waals surface area contributed by atoms with Gasteiger partial charge in [0, 0.05) is 0 Å². The van der Waals surface area contributed by atoms with Crippen molar-refractivity contribution < 1.29 is 77.5 Å². The molecule has 4 heterocycles. The standard InChI is InChI=1S/C13H15N4O4.Rb/c1-13-10(21-9(4-18)11(13)19-6-20-13)7-2-3-8-12(14)15-5-16-17(7)8;/h2-3,5-6,9-11,18H,4H2,1H3,(H2,14,15,16);/q-1;+1/t9-,10+,11-,13+;/m1./s1. The van der Waals surface area contributed by atoms with E-state index in [1.807, 2.05) is 19.1 Å². The molecule has 0 amide bonds. The van der Waals surface area contributed by atoms with Gasteiger partial charge in [-0.25, -0.2) is 9.50 Å². The van der Waals surface area contributed by atoms with Crippen LogP contribution in [0.15, 0.2) is 18.5 Å². The van der Waals surface area contributed by atoms with Crippen LogP contribution in [0.1, 0.15) is 18.7 Å². The van der Waals surface area contributed by atoms with Crippen molar-refractivity contribution in [2.75, 3.05) is 12.3 Å². The number of nitrogens with zero attached hydrogens (tertiary/aromatic N) is 3. The topological polar surface area (TPSA) is 104 Å². The van der Waals surface area contributed by atoms with Gasteiger partial charge in [-0.3, -0.25) is 0 Å². The molecule has 0 saturated carbocycles. The molecule has 2 aliphatic heterocycles. The van der Waals surface area contributed by atoms with Gasteiger partial charge in [0.25, 0.3) is 0 Å². The third-order valence-corrected chi connectivity index (χ3v) is 4.20. The molecule has 4 rings (SSSR count). The fourth-order valence-corrected chi connectivity index (χ4v) is 3.12. The molecule has 8 nitrogen and oxygen atoms in total. The summed E-state index contributed by atoms with van der Waals surface area (Å²) in [6, 6.07) is 3.70. The van der Waals surface area contributed by atoms with Crippen LogP contribution in [0.5, 0.6) is 0 Å². The number of aliphatic hydroxyl groups is 1. The van der Waals surface area contributed by atoms with Gasteiger partial charge in [-0.15, -0.1) is 0 Å². The van der Waals surface area contributed by atoms with E-state index in [1.165, 1.54) is 13.1 Å². The number of nitrogen functional groups attached to an aromatic ring is 1. The molecule has 2 saturated heterocycles. The van der Waals surface area contributed by atoms with Crippen LogP contribution in [-0.4, -0.2) is 44.1 Å². The Hall–Kier alpha value is 0.0652. The zero-order valence-electron chi connectivity index (χ0n) is 12.3. The number of ether oxygens (including phenoxy) is 3. The summed E-state index contributed by atoms with van der Waals surface area (Å²) < 4.78 is 18.7. The molecule has 0 bridgehead atoms. The Morgan fingerprint density at radius 2 is 2.32 bits per heavy atom. The number of aromatic nitrogens is 3. The van der Waals surface area contributed by atoms with Crippen LogP contribution in [0.25, 0.3) is 5.52 Å². The molecule has 22 heavy (non-hydrogen) atoms. The minimum absolute atomic E-state index is 0. The molecular formula is C13H15N4O4Rb. The van der Waals surface area contributed by atoms with Crippen LogP contribution < -0.4 is 63.9 Å². The molecule has 2 aromatic rings. The van der Waals surface area contributed by atoms with E-state index in [4.69, 9.17) is 19.9 Å². The number of rotatable bonds is 2. The van der Waals surface area contributed by atoms with E-state index in [1.54, 1.807) is 4.52 Å². The molecule has 0 aliphatic carbocycles. The fraction of sp³-hybridized carbons (Fsp3) is 0.462. The quantitative estimate of drug-likeness (QED) is 0.540. The molecule has 112 valence electrons. The van der Waals surface area contributed by atoms with Crippen LogP contribution in [0.2, 0.25) is 0 Å². The summed E-state index contributed by atoms with van der Waals surface area (Å²) in [5.41, 5.74) is 6.61. The maximum Gasteiger partial charge on any atom is 1.00 e. The molecule has 9 heteroatoms. The van der Waals surface area contributed by atoms with Crippen LogP contribution in [-0.2, 0) is 14.2 Å². The molecule has 0 spiro atoms. The Labute approximate surface area is 175 Å². The first-order chi connectivity index (χ1) is 10.1. The molecule has 0 radical (unpaired) electrons.